The van der Waals surface area contributed by atoms with Crippen molar-refractivity contribution in [3.63, 3.8) is 0 Å². The lowest BCUT2D eigenvalue weighted by atomic mass is 10.7. The van der Waals surface area contributed by atoms with Crippen molar-refractivity contribution in [3.8, 4) is 0 Å². The van der Waals surface area contributed by atoms with Gasteiger partial charge in [-0.1, -0.05) is 0 Å². The van der Waals surface area contributed by atoms with E-state index in [1.807, 2.05) is 0 Å². The summed E-state index contributed by atoms with van der Waals surface area (Å²) in [4.78, 5) is 19.3. The molecule has 1 aliphatic rings. The molecule has 0 aliphatic carbocycles. The van der Waals surface area contributed by atoms with Crippen molar-refractivity contribution >= 4 is 29.6 Å². The van der Waals surface area contributed by atoms with Gasteiger partial charge in [-0.05, 0) is 0 Å². The number of nitrogen functional groups attached to an aromatic ring is 1. The quantitative estimate of drug-likeness (QED) is 0.417. The number of nitrogens with two attached hydrogens (primary N) is 2. The average molecular weight is 238 g/mol. The van der Waals surface area contributed by atoms with E-state index in [0.717, 1.165) is 0 Å². The molecule has 0 saturated carbocycles. The first-order valence-corrected chi connectivity index (χ1v) is 4.23. The number of guanidine groups is 1. The molecule has 3 rings (SSSR count). The first-order valence-electron chi connectivity index (χ1n) is 4.23. The van der Waals surface area contributed by atoms with E-state index in [0.29, 0.717) is 5.95 Å². The fourth-order valence-electron chi connectivity index (χ4n) is 1.36. The second-order valence-electron chi connectivity index (χ2n) is 3.01. The van der Waals surface area contributed by atoms with E-state index in [2.05, 4.69) is 30.2 Å². The number of halogens is 1. The highest BCUT2D eigenvalue weighted by Gasteiger charge is 2.16. The number of hydrogen-bond donors (Lipinski definition) is 4. The Morgan fingerprint density at radius 3 is 2.65 bits per heavy atom. The van der Waals surface area contributed by atoms with Gasteiger partial charge in [-0.3, -0.25) is 15.4 Å². The summed E-state index contributed by atoms with van der Waals surface area (Å²) in [7, 11) is 0. The summed E-state index contributed by atoms with van der Waals surface area (Å²) in [5.74, 6) is 0.867. The number of hydrogen-bond acceptors (Lipinski definition) is 9. The highest BCUT2D eigenvalue weighted by Crippen LogP contribution is 2.17. The van der Waals surface area contributed by atoms with Crippen LogP contribution in [0.2, 0.25) is 0 Å². The largest absolute Gasteiger partial charge is 0.369 e. The maximum atomic E-state index is 7.38. The predicted octanol–water partition coefficient (Wildman–Crippen LogP) is -1.89. The maximum absolute atomic E-state index is 7.38. The van der Waals surface area contributed by atoms with E-state index in [-0.39, 0.29) is 34.0 Å². The van der Waals surface area contributed by atoms with Gasteiger partial charge in [-0.2, -0.15) is 24.9 Å². The normalized spacial score (nSPS) is 12.6. The third-order valence-corrected chi connectivity index (χ3v) is 1.92. The number of nitrogens with zero attached hydrogens (tertiary/aromatic N) is 6. The lowest BCUT2D eigenvalue weighted by molar-refractivity contribution is 0.862. The number of rotatable bonds is 0. The van der Waals surface area contributed by atoms with Gasteiger partial charge in [0.1, 0.15) is 0 Å². The van der Waals surface area contributed by atoms with E-state index in [4.69, 9.17) is 16.9 Å². The van der Waals surface area contributed by atoms with Gasteiger partial charge in [0, 0.05) is 0 Å². The molecule has 0 bridgehead atoms. The molecule has 6 N–H and O–H groups in total. The van der Waals surface area contributed by atoms with Crippen LogP contribution in [0.15, 0.2) is 4.99 Å². The third kappa shape index (κ3) is 1.49. The minimum Gasteiger partial charge on any atom is -0.369 e. The van der Waals surface area contributed by atoms with Crippen molar-refractivity contribution < 1.29 is 4.70 Å². The molecule has 1 aliphatic heterocycles. The van der Waals surface area contributed by atoms with E-state index in [1.165, 1.54) is 4.40 Å². The second kappa shape index (κ2) is 3.33. The second-order valence-corrected chi connectivity index (χ2v) is 3.01. The van der Waals surface area contributed by atoms with Crippen molar-refractivity contribution in [1.29, 1.82) is 5.41 Å². The fraction of sp³-hybridized carbons (Fsp3) is 0. The van der Waals surface area contributed by atoms with Crippen LogP contribution in [0, 0.1) is 5.41 Å². The van der Waals surface area contributed by atoms with Crippen molar-refractivity contribution in [2.75, 3.05) is 11.1 Å². The van der Waals surface area contributed by atoms with E-state index >= 15 is 0 Å². The molecule has 2 aromatic rings. The molecule has 10 nitrogen and oxygen atoms in total. The Labute approximate surface area is 92.3 Å². The molecule has 0 unspecified atom stereocenters. The number of aromatic nitrogens is 5. The van der Waals surface area contributed by atoms with Gasteiger partial charge in [-0.25, -0.2) is 4.40 Å². The topological polar surface area (TPSA) is 156 Å². The van der Waals surface area contributed by atoms with Crippen molar-refractivity contribution in [2.24, 2.45) is 10.7 Å². The van der Waals surface area contributed by atoms with Crippen molar-refractivity contribution in [2.45, 2.75) is 0 Å². The molecule has 2 aromatic heterocycles. The van der Waals surface area contributed by atoms with Gasteiger partial charge in [-0.15, -0.1) is 0 Å². The van der Waals surface area contributed by atoms with Crippen LogP contribution in [0.4, 0.5) is 22.5 Å². The number of aliphatic imine (C=N–C) groups is 1. The number of anilines is 2. The van der Waals surface area contributed by atoms with Gasteiger partial charge in [0.05, 0.1) is 0 Å². The zero-order valence-electron chi connectivity index (χ0n) is 8.25. The lowest BCUT2D eigenvalue weighted by Crippen LogP contribution is -2.30. The Bertz CT molecular complexity index is 687. The van der Waals surface area contributed by atoms with Crippen LogP contribution >= 0.6 is 0 Å². The van der Waals surface area contributed by atoms with E-state index < -0.39 is 0 Å². The average Bonchev–Trinajstić information content (AvgIpc) is 2.14. The van der Waals surface area contributed by atoms with Crippen LogP contribution in [0.5, 0.6) is 0 Å². The molecule has 17 heavy (non-hydrogen) atoms. The summed E-state index contributed by atoms with van der Waals surface area (Å²) in [6.45, 7) is 0. The van der Waals surface area contributed by atoms with E-state index in [9.17, 15) is 0 Å². The van der Waals surface area contributed by atoms with Gasteiger partial charge in [0.15, 0.2) is 0 Å². The van der Waals surface area contributed by atoms with Gasteiger partial charge in [0.25, 0.3) is 0 Å². The van der Waals surface area contributed by atoms with Crippen molar-refractivity contribution in [3.05, 3.63) is 5.62 Å². The molecule has 0 saturated heterocycles. The molecule has 0 amide bonds. The monoisotopic (exact) mass is 238 g/mol. The molecule has 0 aromatic carbocycles. The minimum absolute atomic E-state index is 0. The Morgan fingerprint density at radius 1 is 1.12 bits per heavy atom. The summed E-state index contributed by atoms with van der Waals surface area (Å²) >= 11 is 0. The third-order valence-electron chi connectivity index (χ3n) is 1.92. The van der Waals surface area contributed by atoms with Gasteiger partial charge < -0.3 is 11.5 Å². The van der Waals surface area contributed by atoms with Crippen LogP contribution in [0.1, 0.15) is 0 Å². The molecular weight excluding hydrogens is 231 g/mol. The smallest absolute Gasteiger partial charge is 0.248 e. The summed E-state index contributed by atoms with van der Waals surface area (Å²) in [5.41, 5.74) is 10.8. The maximum Gasteiger partial charge on any atom is 0.248 e. The Hall–Kier alpha value is -2.85. The summed E-state index contributed by atoms with van der Waals surface area (Å²) in [5, 5.41) is 10.1. The van der Waals surface area contributed by atoms with E-state index in [1.54, 1.807) is 0 Å². The van der Waals surface area contributed by atoms with Gasteiger partial charge >= 0.3 is 0 Å². The zero-order chi connectivity index (χ0) is 11.3. The highest BCUT2D eigenvalue weighted by molar-refractivity contribution is 5.94. The van der Waals surface area contributed by atoms with Crippen LogP contribution in [-0.2, 0) is 0 Å². The Morgan fingerprint density at radius 2 is 1.88 bits per heavy atom. The molecular formula is C6H7FN10. The molecule has 3 heterocycles. The zero-order valence-corrected chi connectivity index (χ0v) is 8.25. The van der Waals surface area contributed by atoms with Crippen LogP contribution in [0.25, 0.3) is 5.78 Å². The SMILES string of the molecule is F.N=c1nc2n3c(nc(N)nc3n1)NC(N)=N2. The molecule has 0 spiro atoms. The predicted molar refractivity (Wildman–Crippen MR) is 56.3 cm³/mol. The first kappa shape index (κ1) is 10.7. The molecule has 88 valence electrons. The first-order chi connectivity index (χ1) is 7.63. The summed E-state index contributed by atoms with van der Waals surface area (Å²) < 4.78 is 1.42. The summed E-state index contributed by atoms with van der Waals surface area (Å²) in [6.07, 6.45) is 0. The molecule has 0 atom stereocenters. The van der Waals surface area contributed by atoms with Crippen LogP contribution < -0.4 is 22.4 Å². The highest BCUT2D eigenvalue weighted by atomic mass is 19.0. The molecule has 0 radical (unpaired) electrons. The molecule has 11 heteroatoms. The van der Waals surface area contributed by atoms with Gasteiger partial charge in [0.2, 0.25) is 35.2 Å². The minimum atomic E-state index is -0.211. The summed E-state index contributed by atoms with van der Waals surface area (Å²) in [6, 6.07) is 0. The Kier molecular flexibility index (Phi) is 2.09. The number of nitrogens with one attached hydrogen (secondary N) is 2. The fourth-order valence-corrected chi connectivity index (χ4v) is 1.36. The van der Waals surface area contributed by atoms with Crippen molar-refractivity contribution in [1.82, 2.24) is 24.3 Å². The van der Waals surface area contributed by atoms with Crippen LogP contribution in [-0.4, -0.2) is 30.3 Å². The van der Waals surface area contributed by atoms with Crippen LogP contribution in [0.3, 0.4) is 0 Å². The lowest BCUT2D eigenvalue weighted by Gasteiger charge is -2.14. The molecule has 0 fully saturated rings. The Balaban J connectivity index is 0.00000108. The standard InChI is InChI=1S/C6H6N10.FH/c7-1-10-4-12-2(8)14-6-15-3(9)13-5(11-1)16(4)6;/h(H6,7,8,9,10,11,12,13,14,15);1H.